The number of hydrogen-bond acceptors (Lipinski definition) is 3. The van der Waals surface area contributed by atoms with E-state index in [0.29, 0.717) is 13.0 Å². The van der Waals surface area contributed by atoms with Crippen LogP contribution in [-0.4, -0.2) is 24.3 Å². The lowest BCUT2D eigenvalue weighted by molar-refractivity contribution is 0.263. The van der Waals surface area contributed by atoms with E-state index < -0.39 is 5.82 Å². The van der Waals surface area contributed by atoms with Gasteiger partial charge in [-0.25, -0.2) is 4.39 Å². The molecule has 4 N–H and O–H groups in total. The highest BCUT2D eigenvalue weighted by molar-refractivity contribution is 6.30. The van der Waals surface area contributed by atoms with E-state index in [4.69, 9.17) is 22.4 Å². The van der Waals surface area contributed by atoms with Crippen molar-refractivity contribution in [1.29, 1.82) is 0 Å². The van der Waals surface area contributed by atoms with Gasteiger partial charge in [-0.3, -0.25) is 0 Å². The van der Waals surface area contributed by atoms with Gasteiger partial charge in [0, 0.05) is 25.2 Å². The predicted octanol–water partition coefficient (Wildman–Crippen LogP) is 1.84. The minimum Gasteiger partial charge on any atom is -0.396 e. The van der Waals surface area contributed by atoms with E-state index in [1.165, 1.54) is 12.1 Å². The Hall–Kier alpha value is -0.680. The maximum absolute atomic E-state index is 13.3. The Balaban J connectivity index is 2.75. The van der Waals surface area contributed by atoms with Crippen molar-refractivity contribution >= 4 is 11.6 Å². The topological polar surface area (TPSA) is 58.3 Å². The second kappa shape index (κ2) is 6.91. The molecule has 0 saturated heterocycles. The number of hydrogen-bond donors (Lipinski definition) is 3. The Kier molecular flexibility index (Phi) is 5.85. The van der Waals surface area contributed by atoms with Crippen LogP contribution < -0.4 is 11.1 Å². The zero-order valence-electron chi connectivity index (χ0n) is 9.79. The van der Waals surface area contributed by atoms with Crippen molar-refractivity contribution < 1.29 is 9.50 Å². The van der Waals surface area contributed by atoms with Crippen LogP contribution in [-0.2, 0) is 0 Å². The van der Waals surface area contributed by atoms with E-state index in [0.717, 1.165) is 5.56 Å². The Morgan fingerprint density at radius 2 is 2.24 bits per heavy atom. The lowest BCUT2D eigenvalue weighted by Crippen LogP contribution is -2.35. The molecular weight excluding hydrogens is 243 g/mol. The Morgan fingerprint density at radius 3 is 2.76 bits per heavy atom. The number of benzene rings is 1. The summed E-state index contributed by atoms with van der Waals surface area (Å²) in [6, 6.07) is 4.64. The fourth-order valence-corrected chi connectivity index (χ4v) is 1.77. The van der Waals surface area contributed by atoms with Crippen LogP contribution in [0.1, 0.15) is 24.9 Å². The van der Waals surface area contributed by atoms with Crippen LogP contribution in [0, 0.1) is 5.82 Å². The smallest absolute Gasteiger partial charge is 0.142 e. The third-order valence-corrected chi connectivity index (χ3v) is 2.94. The molecule has 0 fully saturated rings. The molecule has 0 aromatic heterocycles. The van der Waals surface area contributed by atoms with Crippen molar-refractivity contribution in [3.05, 3.63) is 34.6 Å². The Labute approximate surface area is 106 Å². The number of halogens is 2. The standard InChI is InChI=1S/C12H18ClFN2O/c1-8(4-5-17)16-12(7-15)9-2-3-10(13)11(14)6-9/h2-3,6,8,12,16-17H,4-5,7,15H2,1H3. The average molecular weight is 261 g/mol. The Bertz CT molecular complexity index is 362. The number of nitrogens with one attached hydrogen (secondary N) is 1. The van der Waals surface area contributed by atoms with Crippen LogP contribution in [0.25, 0.3) is 0 Å². The van der Waals surface area contributed by atoms with E-state index in [-0.39, 0.29) is 23.7 Å². The third kappa shape index (κ3) is 4.24. The number of nitrogens with two attached hydrogens (primary N) is 1. The molecule has 1 aromatic rings. The lowest BCUT2D eigenvalue weighted by Gasteiger charge is -2.22. The quantitative estimate of drug-likeness (QED) is 0.732. The minimum absolute atomic E-state index is 0.105. The number of aliphatic hydroxyl groups is 1. The van der Waals surface area contributed by atoms with Crippen molar-refractivity contribution in [2.45, 2.75) is 25.4 Å². The fourth-order valence-electron chi connectivity index (χ4n) is 1.65. The highest BCUT2D eigenvalue weighted by atomic mass is 35.5. The van der Waals surface area contributed by atoms with Gasteiger partial charge in [-0.15, -0.1) is 0 Å². The highest BCUT2D eigenvalue weighted by Crippen LogP contribution is 2.20. The normalized spacial score (nSPS) is 14.6. The van der Waals surface area contributed by atoms with Gasteiger partial charge in [0.2, 0.25) is 0 Å². The Morgan fingerprint density at radius 1 is 1.53 bits per heavy atom. The molecule has 2 atom stereocenters. The summed E-state index contributed by atoms with van der Waals surface area (Å²) in [7, 11) is 0. The second-order valence-electron chi connectivity index (χ2n) is 4.04. The summed E-state index contributed by atoms with van der Waals surface area (Å²) in [5, 5.41) is 12.2. The van der Waals surface area contributed by atoms with Gasteiger partial charge < -0.3 is 16.2 Å². The van der Waals surface area contributed by atoms with Crippen LogP contribution >= 0.6 is 11.6 Å². The van der Waals surface area contributed by atoms with Crippen molar-refractivity contribution in [1.82, 2.24) is 5.32 Å². The average Bonchev–Trinajstić information content (AvgIpc) is 2.30. The highest BCUT2D eigenvalue weighted by Gasteiger charge is 2.14. The summed E-state index contributed by atoms with van der Waals surface area (Å²) in [4.78, 5) is 0. The summed E-state index contributed by atoms with van der Waals surface area (Å²) in [5.41, 5.74) is 6.42. The molecule has 0 aliphatic heterocycles. The second-order valence-corrected chi connectivity index (χ2v) is 4.45. The van der Waals surface area contributed by atoms with Crippen LogP contribution in [0.5, 0.6) is 0 Å². The molecule has 3 nitrogen and oxygen atoms in total. The summed E-state index contributed by atoms with van der Waals surface area (Å²) in [6.45, 7) is 2.42. The van der Waals surface area contributed by atoms with Crippen molar-refractivity contribution in [3.8, 4) is 0 Å². The van der Waals surface area contributed by atoms with Crippen LogP contribution in [0.3, 0.4) is 0 Å². The molecule has 96 valence electrons. The van der Waals surface area contributed by atoms with Crippen LogP contribution in [0.2, 0.25) is 5.02 Å². The predicted molar refractivity (Wildman–Crippen MR) is 67.5 cm³/mol. The van der Waals surface area contributed by atoms with Gasteiger partial charge in [0.15, 0.2) is 0 Å². The third-order valence-electron chi connectivity index (χ3n) is 2.63. The minimum atomic E-state index is -0.445. The molecule has 0 spiro atoms. The first-order valence-corrected chi connectivity index (χ1v) is 5.98. The maximum atomic E-state index is 13.3. The van der Waals surface area contributed by atoms with Crippen molar-refractivity contribution in [2.24, 2.45) is 5.73 Å². The van der Waals surface area contributed by atoms with E-state index in [2.05, 4.69) is 5.32 Å². The van der Waals surface area contributed by atoms with Gasteiger partial charge in [-0.1, -0.05) is 17.7 Å². The molecule has 0 aliphatic carbocycles. The first-order valence-electron chi connectivity index (χ1n) is 5.60. The molecule has 17 heavy (non-hydrogen) atoms. The zero-order valence-corrected chi connectivity index (χ0v) is 10.5. The molecule has 2 unspecified atom stereocenters. The molecule has 0 aliphatic rings. The van der Waals surface area contributed by atoms with Crippen molar-refractivity contribution in [3.63, 3.8) is 0 Å². The SMILES string of the molecule is CC(CCO)NC(CN)c1ccc(Cl)c(F)c1. The molecule has 0 bridgehead atoms. The van der Waals surface area contributed by atoms with Crippen molar-refractivity contribution in [2.75, 3.05) is 13.2 Å². The van der Waals surface area contributed by atoms with Gasteiger partial charge in [-0.05, 0) is 31.0 Å². The first-order chi connectivity index (χ1) is 8.08. The van der Waals surface area contributed by atoms with Crippen LogP contribution in [0.4, 0.5) is 4.39 Å². The van der Waals surface area contributed by atoms with E-state index in [9.17, 15) is 4.39 Å². The van der Waals surface area contributed by atoms with Gasteiger partial charge in [0.1, 0.15) is 5.82 Å². The maximum Gasteiger partial charge on any atom is 0.142 e. The number of aliphatic hydroxyl groups excluding tert-OH is 1. The molecule has 0 radical (unpaired) electrons. The number of rotatable bonds is 6. The fraction of sp³-hybridized carbons (Fsp3) is 0.500. The molecular formula is C12H18ClFN2O. The zero-order chi connectivity index (χ0) is 12.8. The molecule has 1 rings (SSSR count). The lowest BCUT2D eigenvalue weighted by atomic mass is 10.1. The molecule has 0 heterocycles. The molecule has 0 amide bonds. The summed E-state index contributed by atoms with van der Waals surface area (Å²) >= 11 is 5.62. The van der Waals surface area contributed by atoms with Gasteiger partial charge in [0.05, 0.1) is 5.02 Å². The van der Waals surface area contributed by atoms with E-state index in [1.807, 2.05) is 6.92 Å². The summed E-state index contributed by atoms with van der Waals surface area (Å²) in [5.74, 6) is -0.445. The summed E-state index contributed by atoms with van der Waals surface area (Å²) < 4.78 is 13.3. The largest absolute Gasteiger partial charge is 0.396 e. The van der Waals surface area contributed by atoms with E-state index >= 15 is 0 Å². The van der Waals surface area contributed by atoms with Gasteiger partial charge in [0.25, 0.3) is 0 Å². The monoisotopic (exact) mass is 260 g/mol. The molecule has 0 saturated carbocycles. The van der Waals surface area contributed by atoms with Gasteiger partial charge >= 0.3 is 0 Å². The summed E-state index contributed by atoms with van der Waals surface area (Å²) in [6.07, 6.45) is 0.632. The van der Waals surface area contributed by atoms with Gasteiger partial charge in [-0.2, -0.15) is 0 Å². The molecule has 5 heteroatoms. The first kappa shape index (κ1) is 14.4. The van der Waals surface area contributed by atoms with Crippen LogP contribution in [0.15, 0.2) is 18.2 Å². The van der Waals surface area contributed by atoms with E-state index in [1.54, 1.807) is 6.07 Å². The molecule has 1 aromatic carbocycles.